The number of rotatable bonds is 5. The summed E-state index contributed by atoms with van der Waals surface area (Å²) in [6.07, 6.45) is 0. The molecule has 178 valence electrons. The molecule has 0 heterocycles. The highest BCUT2D eigenvalue weighted by Gasteiger charge is 2.26. The Kier molecular flexibility index (Phi) is 6.74. The zero-order valence-corrected chi connectivity index (χ0v) is 20.4. The summed E-state index contributed by atoms with van der Waals surface area (Å²) in [7, 11) is 0. The van der Waals surface area contributed by atoms with Crippen LogP contribution < -0.4 is 10.9 Å². The van der Waals surface area contributed by atoms with Gasteiger partial charge in [-0.3, -0.25) is 9.59 Å². The summed E-state index contributed by atoms with van der Waals surface area (Å²) in [4.78, 5) is 26.0. The summed E-state index contributed by atoms with van der Waals surface area (Å²) in [5, 5.41) is 24.1. The van der Waals surface area contributed by atoms with E-state index in [4.69, 9.17) is 0 Å². The first-order valence-electron chi connectivity index (χ1n) is 11.9. The number of hydrogen-bond acceptors (Lipinski definition) is 4. The third-order valence-electron chi connectivity index (χ3n) is 6.61. The van der Waals surface area contributed by atoms with Crippen LogP contribution in [0.4, 0.5) is 0 Å². The van der Waals surface area contributed by atoms with Gasteiger partial charge >= 0.3 is 0 Å². The second kappa shape index (κ2) is 9.75. The predicted octanol–water partition coefficient (Wildman–Crippen LogP) is 6.40. The van der Waals surface area contributed by atoms with Gasteiger partial charge in [-0.15, -0.1) is 0 Å². The Bertz CT molecular complexity index is 1440. The van der Waals surface area contributed by atoms with Crippen LogP contribution >= 0.6 is 0 Å². The van der Waals surface area contributed by atoms with Crippen molar-refractivity contribution in [1.29, 1.82) is 0 Å². The highest BCUT2D eigenvalue weighted by Crippen LogP contribution is 2.41. The molecule has 35 heavy (non-hydrogen) atoms. The normalized spacial score (nSPS) is 11.5. The molecule has 4 aromatic carbocycles. The van der Waals surface area contributed by atoms with E-state index in [0.29, 0.717) is 11.1 Å². The van der Waals surface area contributed by atoms with E-state index >= 15 is 0 Å². The smallest absolute Gasteiger partial charge is 0.220 e. The molecule has 0 unspecified atom stereocenters. The quantitative estimate of drug-likeness (QED) is 0.357. The summed E-state index contributed by atoms with van der Waals surface area (Å²) < 4.78 is 0. The fraction of sp³-hybridized carbons (Fsp3) is 0.226. The Labute approximate surface area is 205 Å². The van der Waals surface area contributed by atoms with Crippen LogP contribution in [0, 0.1) is 0 Å². The van der Waals surface area contributed by atoms with Crippen molar-refractivity contribution in [1.82, 2.24) is 0 Å². The molecule has 0 aliphatic rings. The van der Waals surface area contributed by atoms with E-state index < -0.39 is 28.3 Å². The first-order valence-corrected chi connectivity index (χ1v) is 11.9. The van der Waals surface area contributed by atoms with Crippen molar-refractivity contribution in [2.75, 3.05) is 0 Å². The first-order chi connectivity index (χ1) is 16.7. The van der Waals surface area contributed by atoms with E-state index in [0.717, 1.165) is 27.5 Å². The summed E-state index contributed by atoms with van der Waals surface area (Å²) in [5.41, 5.74) is 2.05. The Morgan fingerprint density at radius 1 is 0.571 bits per heavy atom. The summed E-state index contributed by atoms with van der Waals surface area (Å²) in [6.45, 7) is 7.92. The zero-order valence-electron chi connectivity index (χ0n) is 20.4. The molecule has 0 aliphatic carbocycles. The van der Waals surface area contributed by atoms with Crippen molar-refractivity contribution in [3.63, 3.8) is 0 Å². The number of benzene rings is 2. The van der Waals surface area contributed by atoms with Crippen molar-refractivity contribution in [2.45, 2.75) is 45.4 Å². The fourth-order valence-corrected chi connectivity index (χ4v) is 4.54. The number of aromatic hydroxyl groups is 2. The van der Waals surface area contributed by atoms with Crippen LogP contribution in [0.5, 0.6) is 11.5 Å². The number of fused-ring (bicyclic) bond motifs is 1. The number of hydrogen-bond donors (Lipinski definition) is 2. The highest BCUT2D eigenvalue weighted by atomic mass is 16.3. The van der Waals surface area contributed by atoms with E-state index in [9.17, 15) is 19.8 Å². The van der Waals surface area contributed by atoms with Crippen LogP contribution in [0.25, 0.3) is 10.8 Å². The topological polar surface area (TPSA) is 74.6 Å². The van der Waals surface area contributed by atoms with Crippen LogP contribution in [0.1, 0.15) is 73.3 Å². The fourth-order valence-electron chi connectivity index (χ4n) is 4.54. The minimum absolute atomic E-state index is 0.0862. The Balaban J connectivity index is 2.15. The molecule has 4 aromatic rings. The van der Waals surface area contributed by atoms with E-state index in [1.54, 1.807) is 12.1 Å². The minimum Gasteiger partial charge on any atom is -0.504 e. The molecule has 2 N–H and O–H groups in total. The maximum atomic E-state index is 13.0. The lowest BCUT2D eigenvalue weighted by atomic mass is 9.83. The average molecular weight is 467 g/mol. The van der Waals surface area contributed by atoms with Crippen LogP contribution in [0.2, 0.25) is 0 Å². The molecule has 0 amide bonds. The molecule has 0 fully saturated rings. The summed E-state index contributed by atoms with van der Waals surface area (Å²) in [5.74, 6) is -1.36. The average Bonchev–Trinajstić information content (AvgIpc) is 3.08. The van der Waals surface area contributed by atoms with E-state index in [2.05, 4.69) is 0 Å². The van der Waals surface area contributed by atoms with Gasteiger partial charge in [-0.1, -0.05) is 94.4 Å². The maximum absolute atomic E-state index is 13.0. The zero-order chi connectivity index (χ0) is 25.3. The van der Waals surface area contributed by atoms with Crippen molar-refractivity contribution >= 4 is 10.8 Å². The third-order valence-corrected chi connectivity index (χ3v) is 6.61. The molecule has 4 nitrogen and oxygen atoms in total. The van der Waals surface area contributed by atoms with Gasteiger partial charge in [-0.05, 0) is 51.4 Å². The van der Waals surface area contributed by atoms with Crippen molar-refractivity contribution in [3.8, 4) is 11.5 Å². The van der Waals surface area contributed by atoms with Crippen LogP contribution in [0.3, 0.4) is 0 Å². The van der Waals surface area contributed by atoms with Gasteiger partial charge in [0.15, 0.2) is 11.5 Å². The van der Waals surface area contributed by atoms with E-state index in [-0.39, 0.29) is 11.8 Å². The van der Waals surface area contributed by atoms with Gasteiger partial charge in [0.25, 0.3) is 0 Å². The van der Waals surface area contributed by atoms with Crippen molar-refractivity contribution in [3.05, 3.63) is 127 Å². The molecule has 0 aliphatic heterocycles. The monoisotopic (exact) mass is 466 g/mol. The summed E-state index contributed by atoms with van der Waals surface area (Å²) in [6, 6.07) is 23.6. The SMILES string of the molecule is CC(C)c1ccc(C(c2ccc(C(C)C)cc(=O)c2O)c2cccc3ccccc23)c(O)c(=O)c1. The largest absolute Gasteiger partial charge is 0.504 e. The molecule has 0 spiro atoms. The Morgan fingerprint density at radius 2 is 1.06 bits per heavy atom. The van der Waals surface area contributed by atoms with Crippen LogP contribution in [-0.2, 0) is 0 Å². The second-order valence-electron chi connectivity index (χ2n) is 9.60. The van der Waals surface area contributed by atoms with Gasteiger partial charge in [0.1, 0.15) is 0 Å². The molecule has 4 heteroatoms. The van der Waals surface area contributed by atoms with Gasteiger partial charge in [0.05, 0.1) is 0 Å². The van der Waals surface area contributed by atoms with Gasteiger partial charge in [0.2, 0.25) is 10.9 Å². The lowest BCUT2D eigenvalue weighted by Crippen LogP contribution is -2.09. The standard InChI is InChI=1S/C31H30O4/c1-18(2)21-12-14-25(30(34)27(32)16-21)29(24-11-7-9-20-8-5-6-10-23(20)24)26-15-13-22(19(3)4)17-28(33)31(26)35/h5-19,29H,1-4H3,(H,32,34)(H,33,35). The molecular formula is C31H30O4. The van der Waals surface area contributed by atoms with Crippen LogP contribution in [0.15, 0.2) is 88.5 Å². The molecule has 0 aromatic heterocycles. The molecule has 0 saturated heterocycles. The van der Waals surface area contributed by atoms with Crippen molar-refractivity contribution < 1.29 is 10.2 Å². The van der Waals surface area contributed by atoms with Crippen molar-refractivity contribution in [2.24, 2.45) is 0 Å². The molecule has 4 rings (SSSR count). The first kappa shape index (κ1) is 24.2. The molecular weight excluding hydrogens is 436 g/mol. The van der Waals surface area contributed by atoms with E-state index in [1.807, 2.05) is 82.3 Å². The van der Waals surface area contributed by atoms with Gasteiger partial charge in [-0.25, -0.2) is 0 Å². The lowest BCUT2D eigenvalue weighted by Gasteiger charge is -2.20. The third kappa shape index (κ3) is 4.69. The maximum Gasteiger partial charge on any atom is 0.220 e. The van der Waals surface area contributed by atoms with Gasteiger partial charge in [-0.2, -0.15) is 0 Å². The Hall–Kier alpha value is -3.92. The predicted molar refractivity (Wildman–Crippen MR) is 142 cm³/mol. The second-order valence-corrected chi connectivity index (χ2v) is 9.60. The lowest BCUT2D eigenvalue weighted by molar-refractivity contribution is 0.455. The molecule has 0 atom stereocenters. The highest BCUT2D eigenvalue weighted by molar-refractivity contribution is 5.87. The summed E-state index contributed by atoms with van der Waals surface area (Å²) >= 11 is 0. The van der Waals surface area contributed by atoms with Gasteiger partial charge < -0.3 is 10.2 Å². The van der Waals surface area contributed by atoms with Crippen LogP contribution in [-0.4, -0.2) is 10.2 Å². The molecule has 0 bridgehead atoms. The molecule has 0 saturated carbocycles. The van der Waals surface area contributed by atoms with Gasteiger partial charge in [0, 0.05) is 17.0 Å². The Morgan fingerprint density at radius 3 is 1.57 bits per heavy atom. The van der Waals surface area contributed by atoms with E-state index in [1.165, 1.54) is 12.1 Å². The minimum atomic E-state index is -0.749. The molecule has 0 radical (unpaired) electrons.